The first-order chi connectivity index (χ1) is 7.96. The Hall–Kier alpha value is -1.20. The summed E-state index contributed by atoms with van der Waals surface area (Å²) < 4.78 is 0. The molecule has 94 valence electrons. The first-order valence-electron chi connectivity index (χ1n) is 5.80. The molecule has 2 rings (SSSR count). The number of β-amino-alcohol motifs (C(OH)–C–C–N with tert-alkyl or cyclic N) is 1. The molecule has 0 aromatic heterocycles. The van der Waals surface area contributed by atoms with Gasteiger partial charge in [-0.05, 0) is 19.8 Å². The van der Waals surface area contributed by atoms with E-state index in [2.05, 4.69) is 0 Å². The van der Waals surface area contributed by atoms with E-state index in [0.29, 0.717) is 12.8 Å². The van der Waals surface area contributed by atoms with Crippen LogP contribution in [0.25, 0.3) is 0 Å². The quantitative estimate of drug-likeness (QED) is 0.522. The van der Waals surface area contributed by atoms with E-state index in [-0.39, 0.29) is 30.2 Å². The Kier molecular flexibility index (Phi) is 3.05. The Morgan fingerprint density at radius 3 is 2.18 bits per heavy atom. The lowest BCUT2D eigenvalue weighted by molar-refractivity contribution is -0.144. The lowest BCUT2D eigenvalue weighted by atomic mass is 9.85. The number of carbonyl (C=O) groups excluding carboxylic acids is 2. The van der Waals surface area contributed by atoms with Crippen molar-refractivity contribution >= 4 is 11.8 Å². The average molecular weight is 239 g/mol. The van der Waals surface area contributed by atoms with Crippen molar-refractivity contribution in [3.05, 3.63) is 12.2 Å². The van der Waals surface area contributed by atoms with E-state index in [9.17, 15) is 14.7 Å². The van der Waals surface area contributed by atoms with Gasteiger partial charge in [-0.15, -0.1) is 0 Å². The van der Waals surface area contributed by atoms with Crippen LogP contribution in [-0.2, 0) is 9.59 Å². The van der Waals surface area contributed by atoms with Crippen molar-refractivity contribution in [1.29, 1.82) is 0 Å². The van der Waals surface area contributed by atoms with Crippen LogP contribution in [0.1, 0.15) is 19.8 Å². The molecule has 1 fully saturated rings. The number of likely N-dealkylation sites (tertiary alicyclic amines) is 1. The molecule has 1 aliphatic carbocycles. The lowest BCUT2D eigenvalue weighted by Gasteiger charge is -2.26. The zero-order valence-corrected chi connectivity index (χ0v) is 9.80. The van der Waals surface area contributed by atoms with Gasteiger partial charge >= 0.3 is 0 Å². The molecule has 2 N–H and O–H groups in total. The third kappa shape index (κ3) is 2.12. The summed E-state index contributed by atoms with van der Waals surface area (Å²) in [5, 5.41) is 18.7. The molecule has 0 spiro atoms. The normalized spacial score (nSPS) is 31.6. The van der Waals surface area contributed by atoms with Crippen LogP contribution < -0.4 is 0 Å². The van der Waals surface area contributed by atoms with Crippen LogP contribution in [-0.4, -0.2) is 45.7 Å². The summed E-state index contributed by atoms with van der Waals surface area (Å²) in [6, 6.07) is 0. The van der Waals surface area contributed by atoms with Crippen LogP contribution >= 0.6 is 0 Å². The predicted molar refractivity (Wildman–Crippen MR) is 59.8 cm³/mol. The van der Waals surface area contributed by atoms with Crippen molar-refractivity contribution in [2.24, 2.45) is 11.8 Å². The number of hydrogen-bond acceptors (Lipinski definition) is 4. The van der Waals surface area contributed by atoms with Crippen LogP contribution in [0.5, 0.6) is 0 Å². The number of amides is 2. The summed E-state index contributed by atoms with van der Waals surface area (Å²) in [6.45, 7) is 0.805. The fourth-order valence-corrected chi connectivity index (χ4v) is 2.42. The number of carbonyl (C=O) groups is 2. The molecular weight excluding hydrogens is 222 g/mol. The monoisotopic (exact) mass is 239 g/mol. The highest BCUT2D eigenvalue weighted by molar-refractivity contribution is 6.05. The van der Waals surface area contributed by atoms with Crippen molar-refractivity contribution in [3.63, 3.8) is 0 Å². The summed E-state index contributed by atoms with van der Waals surface area (Å²) in [6.07, 6.45) is 5.01. The number of allylic oxidation sites excluding steroid dienone is 2. The summed E-state index contributed by atoms with van der Waals surface area (Å²) in [4.78, 5) is 25.1. The van der Waals surface area contributed by atoms with Crippen LogP contribution in [0.3, 0.4) is 0 Å². The fourth-order valence-electron chi connectivity index (χ4n) is 2.42. The van der Waals surface area contributed by atoms with Gasteiger partial charge < -0.3 is 10.2 Å². The van der Waals surface area contributed by atoms with Gasteiger partial charge in [-0.3, -0.25) is 14.5 Å². The summed E-state index contributed by atoms with van der Waals surface area (Å²) >= 11 is 0. The zero-order valence-electron chi connectivity index (χ0n) is 9.80. The van der Waals surface area contributed by atoms with E-state index < -0.39 is 12.2 Å². The molecule has 3 atom stereocenters. The molecule has 2 aliphatic rings. The minimum atomic E-state index is -1.42. The van der Waals surface area contributed by atoms with E-state index in [4.69, 9.17) is 5.11 Å². The summed E-state index contributed by atoms with van der Waals surface area (Å²) in [5.41, 5.74) is -1.42. The number of rotatable bonds is 3. The van der Waals surface area contributed by atoms with Crippen molar-refractivity contribution in [1.82, 2.24) is 4.90 Å². The van der Waals surface area contributed by atoms with Gasteiger partial charge in [0.05, 0.1) is 25.0 Å². The molecule has 0 radical (unpaired) electrons. The second-order valence-corrected chi connectivity index (χ2v) is 5.07. The van der Waals surface area contributed by atoms with Gasteiger partial charge in [-0.2, -0.15) is 0 Å². The molecule has 0 aromatic rings. The van der Waals surface area contributed by atoms with Crippen LogP contribution in [0, 0.1) is 11.8 Å². The Bertz CT molecular complexity index is 349. The molecule has 5 nitrogen and oxygen atoms in total. The molecule has 0 aromatic carbocycles. The topological polar surface area (TPSA) is 77.8 Å². The zero-order chi connectivity index (χ0) is 12.6. The van der Waals surface area contributed by atoms with Gasteiger partial charge in [-0.1, -0.05) is 12.2 Å². The molecule has 17 heavy (non-hydrogen) atoms. The van der Waals surface area contributed by atoms with Crippen molar-refractivity contribution in [2.45, 2.75) is 25.4 Å². The molecule has 1 heterocycles. The van der Waals surface area contributed by atoms with Crippen LogP contribution in [0.4, 0.5) is 0 Å². The van der Waals surface area contributed by atoms with Crippen molar-refractivity contribution in [2.75, 3.05) is 13.2 Å². The molecule has 0 bridgehead atoms. The maximum Gasteiger partial charge on any atom is 0.233 e. The van der Waals surface area contributed by atoms with Gasteiger partial charge in [0, 0.05) is 0 Å². The fraction of sp³-hybridized carbons (Fsp3) is 0.667. The predicted octanol–water partition coefficient (Wildman–Crippen LogP) is -0.319. The number of fused-ring (bicyclic) bond motifs is 1. The number of nitrogens with zero attached hydrogens (tertiary/aromatic N) is 1. The molecule has 5 heteroatoms. The van der Waals surface area contributed by atoms with Gasteiger partial charge in [0.2, 0.25) is 11.8 Å². The molecule has 0 saturated carbocycles. The lowest BCUT2D eigenvalue weighted by Crippen LogP contribution is -2.46. The van der Waals surface area contributed by atoms with Crippen molar-refractivity contribution < 1.29 is 19.8 Å². The van der Waals surface area contributed by atoms with Gasteiger partial charge in [-0.25, -0.2) is 0 Å². The Morgan fingerprint density at radius 1 is 1.29 bits per heavy atom. The van der Waals surface area contributed by atoms with E-state index in [1.165, 1.54) is 6.92 Å². The molecule has 1 aliphatic heterocycles. The third-order valence-corrected chi connectivity index (χ3v) is 3.44. The highest BCUT2D eigenvalue weighted by Crippen LogP contribution is 2.35. The minimum absolute atomic E-state index is 0.131. The van der Waals surface area contributed by atoms with Crippen molar-refractivity contribution in [3.8, 4) is 0 Å². The molecule has 1 unspecified atom stereocenters. The van der Waals surface area contributed by atoms with Crippen LogP contribution in [0.2, 0.25) is 0 Å². The maximum atomic E-state index is 12.0. The summed E-state index contributed by atoms with van der Waals surface area (Å²) in [5.74, 6) is -1.000. The summed E-state index contributed by atoms with van der Waals surface area (Å²) in [7, 11) is 0. The third-order valence-electron chi connectivity index (χ3n) is 3.44. The second-order valence-electron chi connectivity index (χ2n) is 5.07. The minimum Gasteiger partial charge on any atom is -0.393 e. The Morgan fingerprint density at radius 2 is 1.76 bits per heavy atom. The smallest absolute Gasteiger partial charge is 0.233 e. The van der Waals surface area contributed by atoms with Gasteiger partial charge in [0.25, 0.3) is 0 Å². The van der Waals surface area contributed by atoms with E-state index in [1.54, 1.807) is 0 Å². The number of hydrogen-bond donors (Lipinski definition) is 2. The van der Waals surface area contributed by atoms with E-state index in [1.807, 2.05) is 12.2 Å². The van der Waals surface area contributed by atoms with E-state index >= 15 is 0 Å². The molecule has 1 saturated heterocycles. The second kappa shape index (κ2) is 4.23. The highest BCUT2D eigenvalue weighted by atomic mass is 16.3. The Balaban J connectivity index is 2.16. The largest absolute Gasteiger partial charge is 0.393 e. The van der Waals surface area contributed by atoms with Gasteiger partial charge in [0.15, 0.2) is 0 Å². The van der Waals surface area contributed by atoms with Crippen LogP contribution in [0.15, 0.2) is 12.2 Å². The first kappa shape index (κ1) is 12.3. The van der Waals surface area contributed by atoms with E-state index in [0.717, 1.165) is 4.90 Å². The maximum absolute atomic E-state index is 12.0. The SMILES string of the molecule is CC(O)(CO)CN1C(=O)[C@H]2CC=CC[C@H]2C1=O. The molecular formula is C12H17NO4. The first-order valence-corrected chi connectivity index (χ1v) is 5.80. The standard InChI is InChI=1S/C12H17NO4/c1-12(17,7-14)6-13-10(15)8-4-2-3-5-9(8)11(13)16/h2-3,8-9,14,17H,4-7H2,1H3/t8-,9+,12?. The highest BCUT2D eigenvalue weighted by Gasteiger charge is 2.48. The van der Waals surface area contributed by atoms with Gasteiger partial charge in [0.1, 0.15) is 5.60 Å². The number of imide groups is 1. The Labute approximate surface area is 99.7 Å². The number of aliphatic hydroxyl groups is 2. The molecule has 2 amide bonds. The number of aliphatic hydroxyl groups excluding tert-OH is 1. The average Bonchev–Trinajstić information content (AvgIpc) is 2.55.